The third-order valence-corrected chi connectivity index (χ3v) is 11.4. The van der Waals surface area contributed by atoms with Crippen LogP contribution in [0.1, 0.15) is 17.3 Å². The van der Waals surface area contributed by atoms with Crippen molar-refractivity contribution in [1.82, 2.24) is 19.5 Å². The minimum atomic E-state index is -0.0173. The Hall–Kier alpha value is -7.63. The molecular weight excluding hydrogens is 697 g/mol. The zero-order chi connectivity index (χ0) is 37.5. The minimum absolute atomic E-state index is 0.0173. The van der Waals surface area contributed by atoms with Crippen LogP contribution < -0.4 is 4.74 Å². The third kappa shape index (κ3) is 5.13. The van der Waals surface area contributed by atoms with Crippen LogP contribution in [0.3, 0.4) is 0 Å². The lowest BCUT2D eigenvalue weighted by Gasteiger charge is -2.25. The molecule has 0 saturated carbocycles. The van der Waals surface area contributed by atoms with Crippen molar-refractivity contribution in [3.8, 4) is 34.2 Å². The molecule has 2 aliphatic rings. The Labute approximate surface area is 328 Å². The molecule has 12 rings (SSSR count). The first-order valence-electron chi connectivity index (χ1n) is 19.3. The fraction of sp³-hybridized carbons (Fsp3) is 0.0192. The fourth-order valence-corrected chi connectivity index (χ4v) is 8.77. The van der Waals surface area contributed by atoms with Crippen LogP contribution in [-0.4, -0.2) is 19.5 Å². The molecule has 8 aromatic carbocycles. The summed E-state index contributed by atoms with van der Waals surface area (Å²) in [5.74, 6) is 3.42. The van der Waals surface area contributed by atoms with Gasteiger partial charge in [-0.2, -0.15) is 0 Å². The van der Waals surface area contributed by atoms with Crippen LogP contribution in [0.5, 0.6) is 5.75 Å². The molecule has 2 bridgehead atoms. The van der Waals surface area contributed by atoms with E-state index in [1.54, 1.807) is 0 Å². The Morgan fingerprint density at radius 2 is 1.00 bits per heavy atom. The lowest BCUT2D eigenvalue weighted by molar-refractivity contribution is 0.426. The Morgan fingerprint density at radius 3 is 1.63 bits per heavy atom. The van der Waals surface area contributed by atoms with Gasteiger partial charge in [-0.3, -0.25) is 0 Å². The van der Waals surface area contributed by atoms with Crippen LogP contribution in [0.2, 0.25) is 0 Å². The van der Waals surface area contributed by atoms with Gasteiger partial charge in [0.1, 0.15) is 11.5 Å². The van der Waals surface area contributed by atoms with E-state index >= 15 is 0 Å². The van der Waals surface area contributed by atoms with E-state index in [2.05, 4.69) is 193 Å². The number of rotatable bonds is 4. The van der Waals surface area contributed by atoms with Gasteiger partial charge in [0.15, 0.2) is 17.5 Å². The van der Waals surface area contributed by atoms with E-state index in [0.29, 0.717) is 17.5 Å². The number of hydrogen-bond donors (Lipinski definition) is 0. The highest BCUT2D eigenvalue weighted by molar-refractivity contribution is 6.11. The smallest absolute Gasteiger partial charge is 0.164 e. The Kier molecular flexibility index (Phi) is 6.92. The average molecular weight is 729 g/mol. The first-order valence-corrected chi connectivity index (χ1v) is 19.3. The molecule has 266 valence electrons. The number of allylic oxidation sites excluding steroid dienone is 5. The summed E-state index contributed by atoms with van der Waals surface area (Å²) in [4.78, 5) is 15.4. The molecule has 0 N–H and O–H groups in total. The summed E-state index contributed by atoms with van der Waals surface area (Å²) in [5.41, 5.74) is 7.29. The van der Waals surface area contributed by atoms with E-state index in [-0.39, 0.29) is 5.92 Å². The standard InChI is InChI=1S/C52H32N4O/c1-3-13-34-27-37(24-21-32(34)11-1)50-53-51(38-25-22-33-12-2-4-14-35(33)28-38)55-52(54-50)39-26-23-36-29-40(30-39)57-48-31-47(43-17-5-6-18-44(43)49(36)48)56-45-19-9-7-15-41(45)42-16-8-10-20-46(42)56/h1-31,36H/t36-/m1/s1. The summed E-state index contributed by atoms with van der Waals surface area (Å²) in [6.45, 7) is 0. The lowest BCUT2D eigenvalue weighted by Crippen LogP contribution is -2.09. The molecule has 3 heterocycles. The van der Waals surface area contributed by atoms with Gasteiger partial charge >= 0.3 is 0 Å². The summed E-state index contributed by atoms with van der Waals surface area (Å²) in [7, 11) is 0. The zero-order valence-electron chi connectivity index (χ0n) is 30.7. The summed E-state index contributed by atoms with van der Waals surface area (Å²) >= 11 is 0. The number of benzene rings is 8. The first-order chi connectivity index (χ1) is 28.2. The Balaban J connectivity index is 1.01. The van der Waals surface area contributed by atoms with Gasteiger partial charge in [-0.25, -0.2) is 15.0 Å². The Bertz CT molecular complexity index is 3260. The van der Waals surface area contributed by atoms with Gasteiger partial charge in [-0.1, -0.05) is 146 Å². The number of para-hydroxylation sites is 2. The van der Waals surface area contributed by atoms with E-state index in [0.717, 1.165) is 66.7 Å². The number of ether oxygens (including phenoxy) is 1. The first kappa shape index (κ1) is 31.7. The summed E-state index contributed by atoms with van der Waals surface area (Å²) in [6, 6.07) is 57.7. The third-order valence-electron chi connectivity index (χ3n) is 11.4. The number of nitrogens with zero attached hydrogens (tertiary/aromatic N) is 4. The maximum Gasteiger partial charge on any atom is 0.164 e. The summed E-state index contributed by atoms with van der Waals surface area (Å²) < 4.78 is 9.27. The molecule has 1 aliphatic heterocycles. The molecule has 0 fully saturated rings. The molecule has 0 radical (unpaired) electrons. The van der Waals surface area contributed by atoms with Crippen LogP contribution in [0.15, 0.2) is 194 Å². The summed E-state index contributed by atoms with van der Waals surface area (Å²) in [6.07, 6.45) is 8.67. The lowest BCUT2D eigenvalue weighted by atomic mass is 9.89. The summed E-state index contributed by atoms with van der Waals surface area (Å²) in [5, 5.41) is 9.40. The van der Waals surface area contributed by atoms with Gasteiger partial charge in [0.05, 0.1) is 16.7 Å². The van der Waals surface area contributed by atoms with E-state index in [1.807, 2.05) is 0 Å². The second-order valence-electron chi connectivity index (χ2n) is 14.8. The van der Waals surface area contributed by atoms with E-state index in [4.69, 9.17) is 19.7 Å². The maximum atomic E-state index is 6.89. The maximum absolute atomic E-state index is 6.89. The van der Waals surface area contributed by atoms with Gasteiger partial charge in [-0.05, 0) is 63.3 Å². The highest BCUT2D eigenvalue weighted by Gasteiger charge is 2.27. The van der Waals surface area contributed by atoms with Crippen molar-refractivity contribution < 1.29 is 4.74 Å². The normalized spacial score (nSPS) is 14.8. The molecule has 0 unspecified atom stereocenters. The fourth-order valence-electron chi connectivity index (χ4n) is 8.77. The molecule has 57 heavy (non-hydrogen) atoms. The zero-order valence-corrected chi connectivity index (χ0v) is 30.7. The quantitative estimate of drug-likeness (QED) is 0.181. The van der Waals surface area contributed by atoms with E-state index in [9.17, 15) is 0 Å². The van der Waals surface area contributed by atoms with Gasteiger partial charge in [-0.15, -0.1) is 0 Å². The molecule has 2 aromatic heterocycles. The van der Waals surface area contributed by atoms with Crippen LogP contribution >= 0.6 is 0 Å². The molecule has 1 aliphatic carbocycles. The van der Waals surface area contributed by atoms with Crippen molar-refractivity contribution in [2.75, 3.05) is 0 Å². The minimum Gasteiger partial charge on any atom is -0.457 e. The monoisotopic (exact) mass is 728 g/mol. The van der Waals surface area contributed by atoms with Crippen LogP contribution in [0.25, 0.3) is 88.2 Å². The molecule has 5 nitrogen and oxygen atoms in total. The molecule has 0 amide bonds. The molecule has 0 saturated heterocycles. The van der Waals surface area contributed by atoms with Gasteiger partial charge in [0, 0.05) is 50.4 Å². The second-order valence-corrected chi connectivity index (χ2v) is 14.8. The number of fused-ring (bicyclic) bond motifs is 10. The van der Waals surface area contributed by atoms with Crippen LogP contribution in [0.4, 0.5) is 0 Å². The highest BCUT2D eigenvalue weighted by Crippen LogP contribution is 2.46. The van der Waals surface area contributed by atoms with E-state index in [1.165, 1.54) is 26.9 Å². The average Bonchev–Trinajstić information content (AvgIpc) is 3.50. The highest BCUT2D eigenvalue weighted by atomic mass is 16.5. The predicted octanol–water partition coefficient (Wildman–Crippen LogP) is 12.8. The largest absolute Gasteiger partial charge is 0.457 e. The van der Waals surface area contributed by atoms with Crippen molar-refractivity contribution in [3.05, 3.63) is 205 Å². The van der Waals surface area contributed by atoms with Crippen LogP contribution in [-0.2, 0) is 0 Å². The topological polar surface area (TPSA) is 52.8 Å². The number of hydrogen-bond acceptors (Lipinski definition) is 4. The van der Waals surface area contributed by atoms with Crippen molar-refractivity contribution in [2.24, 2.45) is 0 Å². The van der Waals surface area contributed by atoms with Gasteiger partial charge in [0.2, 0.25) is 0 Å². The molecule has 5 heteroatoms. The number of aromatic nitrogens is 4. The molecular formula is C52H32N4O. The second kappa shape index (κ2) is 12.4. The predicted molar refractivity (Wildman–Crippen MR) is 233 cm³/mol. The van der Waals surface area contributed by atoms with Crippen molar-refractivity contribution in [1.29, 1.82) is 0 Å². The SMILES string of the molecule is C1=C[C@@H]2C=C(C=C1c1nc(-c3ccc4ccccc4c3)nc(-c3ccc4ccccc4c3)n1)Oc1cc(-n3c4ccccc4c4ccccc43)c3ccccc3c12. The van der Waals surface area contributed by atoms with Crippen molar-refractivity contribution >= 4 is 59.7 Å². The van der Waals surface area contributed by atoms with Gasteiger partial charge in [0.25, 0.3) is 0 Å². The molecule has 1 atom stereocenters. The van der Waals surface area contributed by atoms with Gasteiger partial charge < -0.3 is 9.30 Å². The van der Waals surface area contributed by atoms with Crippen LogP contribution in [0, 0.1) is 0 Å². The molecule has 10 aromatic rings. The Morgan fingerprint density at radius 1 is 0.474 bits per heavy atom. The van der Waals surface area contributed by atoms with Crippen molar-refractivity contribution in [3.63, 3.8) is 0 Å². The molecule has 0 spiro atoms. The van der Waals surface area contributed by atoms with E-state index < -0.39 is 0 Å². The van der Waals surface area contributed by atoms with Crippen molar-refractivity contribution in [2.45, 2.75) is 5.92 Å².